The maximum Gasteiger partial charge on any atom is 0.321 e. The minimum absolute atomic E-state index is 0.0803. The van der Waals surface area contributed by atoms with E-state index in [1.165, 1.54) is 11.3 Å². The second-order valence-electron chi connectivity index (χ2n) is 6.93. The number of rotatable bonds is 7. The van der Waals surface area contributed by atoms with Crippen LogP contribution in [0.3, 0.4) is 0 Å². The van der Waals surface area contributed by atoms with Crippen molar-refractivity contribution in [2.24, 2.45) is 5.92 Å². The molecule has 0 atom stereocenters. The fraction of sp³-hybridized carbons (Fsp3) is 0.722. The van der Waals surface area contributed by atoms with Crippen LogP contribution in [0.4, 0.5) is 9.93 Å². The fourth-order valence-corrected chi connectivity index (χ4v) is 4.20. The summed E-state index contributed by atoms with van der Waals surface area (Å²) >= 11 is 1.47. The molecule has 0 saturated carbocycles. The molecule has 6 nitrogen and oxygen atoms in total. The summed E-state index contributed by atoms with van der Waals surface area (Å²) in [6.45, 7) is 9.43. The Bertz CT molecular complexity index is 594. The van der Waals surface area contributed by atoms with Gasteiger partial charge in [-0.1, -0.05) is 38.0 Å². The van der Waals surface area contributed by atoms with Crippen LogP contribution in [0.15, 0.2) is 0 Å². The van der Waals surface area contributed by atoms with E-state index in [2.05, 4.69) is 29.5 Å². The fourth-order valence-electron chi connectivity index (χ4n) is 3.18. The van der Waals surface area contributed by atoms with Gasteiger partial charge in [-0.3, -0.25) is 10.1 Å². The van der Waals surface area contributed by atoms with Gasteiger partial charge in [0.15, 0.2) is 5.13 Å². The molecule has 1 aromatic rings. The van der Waals surface area contributed by atoms with Gasteiger partial charge in [-0.2, -0.15) is 0 Å². The molecule has 1 aliphatic heterocycles. The molecule has 0 bridgehead atoms. The van der Waals surface area contributed by atoms with Gasteiger partial charge in [0.25, 0.3) is 0 Å². The molecular weight excluding hydrogens is 336 g/mol. The Labute approximate surface area is 154 Å². The average Bonchev–Trinajstić information content (AvgIpc) is 2.94. The summed E-state index contributed by atoms with van der Waals surface area (Å²) in [7, 11) is 0. The van der Waals surface area contributed by atoms with E-state index in [-0.39, 0.29) is 23.9 Å². The molecule has 0 unspecified atom stereocenters. The first-order valence-electron chi connectivity index (χ1n) is 9.29. The Kier molecular flexibility index (Phi) is 7.23. The number of nitrogens with one attached hydrogen (secondary N) is 2. The minimum atomic E-state index is -0.236. The number of carbonyl (C=O) groups excluding carboxylic acids is 2. The minimum Gasteiger partial charge on any atom is -0.337 e. The predicted octanol–water partition coefficient (Wildman–Crippen LogP) is 3.77. The number of anilines is 1. The Morgan fingerprint density at radius 1 is 1.24 bits per heavy atom. The van der Waals surface area contributed by atoms with Gasteiger partial charge in [-0.15, -0.1) is 0 Å². The quantitative estimate of drug-likeness (QED) is 0.771. The first-order chi connectivity index (χ1) is 11.9. The maximum atomic E-state index is 12.8. The average molecular weight is 367 g/mol. The first-order valence-corrected chi connectivity index (χ1v) is 10.1. The van der Waals surface area contributed by atoms with Crippen LogP contribution in [0.2, 0.25) is 0 Å². The number of urea groups is 1. The molecule has 0 spiro atoms. The van der Waals surface area contributed by atoms with Crippen LogP contribution in [0.25, 0.3) is 0 Å². The summed E-state index contributed by atoms with van der Waals surface area (Å²) in [6, 6.07) is -0.156. The zero-order valence-corrected chi connectivity index (χ0v) is 16.5. The number of hydrogen-bond acceptors (Lipinski definition) is 4. The normalized spacial score (nSPS) is 13.9. The molecule has 2 heterocycles. The summed E-state index contributed by atoms with van der Waals surface area (Å²) < 4.78 is 0. The monoisotopic (exact) mass is 366 g/mol. The van der Waals surface area contributed by atoms with Crippen molar-refractivity contribution in [2.45, 2.75) is 72.4 Å². The standard InChI is InChI=1S/C18H30N4O2S/c1-5-7-13(8-6-2)16(23)22-10-9-14-15(11-22)25-18(20-14)21-17(24)19-12(3)4/h12-13H,5-11H2,1-4H3,(H2,19,20,21,24). The molecule has 2 N–H and O–H groups in total. The SMILES string of the molecule is CCCC(CCC)C(=O)N1CCc2nc(NC(=O)NC(C)C)sc2C1. The van der Waals surface area contributed by atoms with Crippen molar-refractivity contribution in [2.75, 3.05) is 11.9 Å². The number of carbonyl (C=O) groups is 2. The van der Waals surface area contributed by atoms with Crippen molar-refractivity contribution >= 4 is 28.4 Å². The summed E-state index contributed by atoms with van der Waals surface area (Å²) in [5.41, 5.74) is 1.01. The molecule has 2 rings (SSSR count). The van der Waals surface area contributed by atoms with E-state index >= 15 is 0 Å². The third-order valence-electron chi connectivity index (χ3n) is 4.31. The highest BCUT2D eigenvalue weighted by molar-refractivity contribution is 7.15. The molecule has 3 amide bonds. The Hall–Kier alpha value is -1.63. The Balaban J connectivity index is 2.00. The summed E-state index contributed by atoms with van der Waals surface area (Å²) in [4.78, 5) is 32.2. The van der Waals surface area contributed by atoms with Gasteiger partial charge in [0.2, 0.25) is 5.91 Å². The molecule has 0 saturated heterocycles. The lowest BCUT2D eigenvalue weighted by molar-refractivity contribution is -0.137. The molecule has 140 valence electrons. The topological polar surface area (TPSA) is 74.3 Å². The van der Waals surface area contributed by atoms with Gasteiger partial charge in [-0.25, -0.2) is 9.78 Å². The first kappa shape index (κ1) is 19.7. The molecule has 0 radical (unpaired) electrons. The zero-order chi connectivity index (χ0) is 18.4. The molecule has 0 fully saturated rings. The number of thiazole rings is 1. The second kappa shape index (κ2) is 9.17. The highest BCUT2D eigenvalue weighted by Gasteiger charge is 2.28. The van der Waals surface area contributed by atoms with Crippen LogP contribution >= 0.6 is 11.3 Å². The number of fused-ring (bicyclic) bond motifs is 1. The number of amides is 3. The lowest BCUT2D eigenvalue weighted by Gasteiger charge is -2.29. The van der Waals surface area contributed by atoms with Gasteiger partial charge >= 0.3 is 6.03 Å². The molecule has 1 aromatic heterocycles. The van der Waals surface area contributed by atoms with E-state index in [0.717, 1.165) is 49.2 Å². The van der Waals surface area contributed by atoms with Crippen LogP contribution in [-0.4, -0.2) is 34.4 Å². The van der Waals surface area contributed by atoms with E-state index in [0.29, 0.717) is 11.7 Å². The predicted molar refractivity (Wildman–Crippen MR) is 102 cm³/mol. The van der Waals surface area contributed by atoms with Gasteiger partial charge in [0, 0.05) is 29.8 Å². The van der Waals surface area contributed by atoms with Crippen LogP contribution in [0.5, 0.6) is 0 Å². The van der Waals surface area contributed by atoms with Crippen molar-refractivity contribution < 1.29 is 9.59 Å². The maximum absolute atomic E-state index is 12.8. The van der Waals surface area contributed by atoms with Gasteiger partial charge < -0.3 is 10.2 Å². The summed E-state index contributed by atoms with van der Waals surface area (Å²) in [6.07, 6.45) is 4.75. The highest BCUT2D eigenvalue weighted by atomic mass is 32.1. The lowest BCUT2D eigenvalue weighted by atomic mass is 9.96. The lowest BCUT2D eigenvalue weighted by Crippen LogP contribution is -2.39. The molecule has 1 aliphatic rings. The van der Waals surface area contributed by atoms with Crippen LogP contribution < -0.4 is 10.6 Å². The molecule has 25 heavy (non-hydrogen) atoms. The molecule has 0 aromatic carbocycles. The molecular formula is C18H30N4O2S. The van der Waals surface area contributed by atoms with Gasteiger partial charge in [-0.05, 0) is 26.7 Å². The highest BCUT2D eigenvalue weighted by Crippen LogP contribution is 2.30. The largest absolute Gasteiger partial charge is 0.337 e. The van der Waals surface area contributed by atoms with E-state index in [1.54, 1.807) is 0 Å². The Morgan fingerprint density at radius 3 is 2.52 bits per heavy atom. The van der Waals surface area contributed by atoms with E-state index < -0.39 is 0 Å². The van der Waals surface area contributed by atoms with Crippen molar-refractivity contribution in [3.8, 4) is 0 Å². The molecule has 7 heteroatoms. The third-order valence-corrected chi connectivity index (χ3v) is 5.30. The smallest absolute Gasteiger partial charge is 0.321 e. The zero-order valence-electron chi connectivity index (χ0n) is 15.7. The van der Waals surface area contributed by atoms with E-state index in [4.69, 9.17) is 0 Å². The third kappa shape index (κ3) is 5.42. The van der Waals surface area contributed by atoms with Gasteiger partial charge in [0.1, 0.15) is 0 Å². The Morgan fingerprint density at radius 2 is 1.92 bits per heavy atom. The van der Waals surface area contributed by atoms with E-state index in [9.17, 15) is 9.59 Å². The van der Waals surface area contributed by atoms with Crippen molar-refractivity contribution in [1.29, 1.82) is 0 Å². The van der Waals surface area contributed by atoms with Crippen LogP contribution in [0.1, 0.15) is 63.9 Å². The van der Waals surface area contributed by atoms with E-state index in [1.807, 2.05) is 18.7 Å². The number of nitrogens with zero attached hydrogens (tertiary/aromatic N) is 2. The summed E-state index contributed by atoms with van der Waals surface area (Å²) in [5, 5.41) is 6.19. The summed E-state index contributed by atoms with van der Waals surface area (Å²) in [5.74, 6) is 0.411. The van der Waals surface area contributed by atoms with Crippen LogP contribution in [-0.2, 0) is 17.8 Å². The van der Waals surface area contributed by atoms with Gasteiger partial charge in [0.05, 0.1) is 12.2 Å². The van der Waals surface area contributed by atoms with Crippen molar-refractivity contribution in [3.05, 3.63) is 10.6 Å². The second-order valence-corrected chi connectivity index (χ2v) is 8.01. The van der Waals surface area contributed by atoms with Crippen LogP contribution in [0, 0.1) is 5.92 Å². The van der Waals surface area contributed by atoms with Crippen molar-refractivity contribution in [1.82, 2.24) is 15.2 Å². The number of hydrogen-bond donors (Lipinski definition) is 2. The number of aromatic nitrogens is 1. The molecule has 0 aliphatic carbocycles. The van der Waals surface area contributed by atoms with Crippen molar-refractivity contribution in [3.63, 3.8) is 0 Å².